The number of piperidine rings is 1. The number of carbonyl (C=O) groups excluding carboxylic acids is 1. The van der Waals surface area contributed by atoms with Crippen molar-refractivity contribution in [3.8, 4) is 0 Å². The maximum atomic E-state index is 12.6. The van der Waals surface area contributed by atoms with Crippen molar-refractivity contribution in [2.75, 3.05) is 18.4 Å². The number of amides is 1. The van der Waals surface area contributed by atoms with Gasteiger partial charge in [0, 0.05) is 36.3 Å². The summed E-state index contributed by atoms with van der Waals surface area (Å²) in [5.41, 5.74) is 1.56. The molecule has 2 aromatic carbocycles. The van der Waals surface area contributed by atoms with Crippen molar-refractivity contribution in [1.82, 2.24) is 4.31 Å². The first-order valence-electron chi connectivity index (χ1n) is 9.34. The van der Waals surface area contributed by atoms with Crippen molar-refractivity contribution in [3.63, 3.8) is 0 Å². The average molecular weight is 417 g/mol. The second-order valence-electron chi connectivity index (χ2n) is 7.16. The number of aryl methyl sites for hydroxylation is 1. The minimum absolute atomic E-state index is 0.0513. The van der Waals surface area contributed by atoms with E-state index in [0.29, 0.717) is 24.1 Å². The number of benzene rings is 2. The van der Waals surface area contributed by atoms with Crippen LogP contribution in [0.4, 0.5) is 11.4 Å². The summed E-state index contributed by atoms with van der Waals surface area (Å²) in [4.78, 5) is 23.1. The zero-order valence-corrected chi connectivity index (χ0v) is 16.9. The highest BCUT2D eigenvalue weighted by Gasteiger charge is 2.31. The van der Waals surface area contributed by atoms with Crippen LogP contribution in [-0.2, 0) is 20.6 Å². The fraction of sp³-hybridized carbons (Fsp3) is 0.350. The smallest absolute Gasteiger partial charge is 0.274 e. The van der Waals surface area contributed by atoms with E-state index in [2.05, 4.69) is 5.32 Å². The monoisotopic (exact) mass is 417 g/mol. The van der Waals surface area contributed by atoms with Crippen LogP contribution in [-0.4, -0.2) is 36.6 Å². The first-order chi connectivity index (χ1) is 13.8. The van der Waals surface area contributed by atoms with E-state index in [4.69, 9.17) is 0 Å². The number of nitro benzene ring substituents is 1. The van der Waals surface area contributed by atoms with E-state index in [-0.39, 0.29) is 36.4 Å². The van der Waals surface area contributed by atoms with Gasteiger partial charge in [-0.25, -0.2) is 12.7 Å². The molecule has 0 unspecified atom stereocenters. The van der Waals surface area contributed by atoms with E-state index < -0.39 is 14.9 Å². The second kappa shape index (κ2) is 8.71. The van der Waals surface area contributed by atoms with Crippen LogP contribution in [0.25, 0.3) is 0 Å². The van der Waals surface area contributed by atoms with Crippen molar-refractivity contribution in [3.05, 3.63) is 69.8 Å². The van der Waals surface area contributed by atoms with E-state index in [1.807, 2.05) is 6.07 Å². The van der Waals surface area contributed by atoms with Gasteiger partial charge in [0.05, 0.1) is 10.7 Å². The minimum atomic E-state index is -3.44. The maximum absolute atomic E-state index is 12.6. The predicted molar refractivity (Wildman–Crippen MR) is 110 cm³/mol. The number of hydrogen-bond acceptors (Lipinski definition) is 5. The number of nitrogens with one attached hydrogen (secondary N) is 1. The van der Waals surface area contributed by atoms with E-state index in [9.17, 15) is 23.3 Å². The molecule has 0 bridgehead atoms. The molecule has 0 spiro atoms. The van der Waals surface area contributed by atoms with Crippen molar-refractivity contribution >= 4 is 27.3 Å². The molecule has 1 heterocycles. The Kier molecular flexibility index (Phi) is 6.29. The van der Waals surface area contributed by atoms with Gasteiger partial charge in [0.25, 0.3) is 5.69 Å². The number of nitro groups is 1. The van der Waals surface area contributed by atoms with Crippen LogP contribution in [0, 0.1) is 23.0 Å². The highest BCUT2D eigenvalue weighted by atomic mass is 32.2. The Morgan fingerprint density at radius 1 is 1.17 bits per heavy atom. The summed E-state index contributed by atoms with van der Waals surface area (Å²) in [6, 6.07) is 13.5. The first kappa shape index (κ1) is 20.9. The van der Waals surface area contributed by atoms with E-state index in [1.165, 1.54) is 10.4 Å². The van der Waals surface area contributed by atoms with Gasteiger partial charge in [-0.2, -0.15) is 0 Å². The third-order valence-electron chi connectivity index (χ3n) is 5.08. The molecule has 1 amide bonds. The summed E-state index contributed by atoms with van der Waals surface area (Å²) in [6.07, 6.45) is 0.821. The molecular formula is C20H23N3O5S. The second-order valence-corrected chi connectivity index (χ2v) is 9.13. The Morgan fingerprint density at radius 3 is 2.45 bits per heavy atom. The molecule has 1 fully saturated rings. The molecular weight excluding hydrogens is 394 g/mol. The Bertz CT molecular complexity index is 1000. The SMILES string of the molecule is Cc1ccc(NC(=O)C2CCN(S(=O)(=O)Cc3ccccc3)CC2)cc1[N+](=O)[O-]. The molecule has 154 valence electrons. The summed E-state index contributed by atoms with van der Waals surface area (Å²) in [5.74, 6) is -0.639. The van der Waals surface area contributed by atoms with Gasteiger partial charge in [-0.1, -0.05) is 36.4 Å². The summed E-state index contributed by atoms with van der Waals surface area (Å²) in [7, 11) is -3.44. The summed E-state index contributed by atoms with van der Waals surface area (Å²) < 4.78 is 26.7. The van der Waals surface area contributed by atoms with Gasteiger partial charge in [-0.05, 0) is 31.4 Å². The lowest BCUT2D eigenvalue weighted by Gasteiger charge is -2.30. The first-order valence-corrected chi connectivity index (χ1v) is 10.9. The van der Waals surface area contributed by atoms with Gasteiger partial charge in [0.1, 0.15) is 0 Å². The quantitative estimate of drug-likeness (QED) is 0.574. The van der Waals surface area contributed by atoms with E-state index in [1.54, 1.807) is 43.3 Å². The van der Waals surface area contributed by atoms with Crippen molar-refractivity contribution in [1.29, 1.82) is 0 Å². The standard InChI is InChI=1S/C20H23N3O5S/c1-15-7-8-18(13-19(15)23(25)26)21-20(24)17-9-11-22(12-10-17)29(27,28)14-16-5-3-2-4-6-16/h2-8,13,17H,9-12,14H2,1H3,(H,21,24). The molecule has 1 saturated heterocycles. The van der Waals surface area contributed by atoms with Gasteiger partial charge in [0.2, 0.25) is 15.9 Å². The van der Waals surface area contributed by atoms with Gasteiger partial charge in [0.15, 0.2) is 0 Å². The highest BCUT2D eigenvalue weighted by molar-refractivity contribution is 7.88. The molecule has 8 nitrogen and oxygen atoms in total. The number of nitrogens with zero attached hydrogens (tertiary/aromatic N) is 2. The third kappa shape index (κ3) is 5.18. The molecule has 1 aliphatic heterocycles. The van der Waals surface area contributed by atoms with Crippen LogP contribution >= 0.6 is 0 Å². The average Bonchev–Trinajstić information content (AvgIpc) is 2.69. The van der Waals surface area contributed by atoms with Crippen LogP contribution in [0.2, 0.25) is 0 Å². The Morgan fingerprint density at radius 2 is 1.83 bits per heavy atom. The molecule has 9 heteroatoms. The van der Waals surface area contributed by atoms with Crippen LogP contribution in [0.3, 0.4) is 0 Å². The van der Waals surface area contributed by atoms with Crippen molar-refractivity contribution < 1.29 is 18.1 Å². The van der Waals surface area contributed by atoms with Gasteiger partial charge >= 0.3 is 0 Å². The van der Waals surface area contributed by atoms with Crippen molar-refractivity contribution in [2.45, 2.75) is 25.5 Å². The number of anilines is 1. The topological polar surface area (TPSA) is 110 Å². The summed E-state index contributed by atoms with van der Waals surface area (Å²) >= 11 is 0. The number of carbonyl (C=O) groups is 1. The molecule has 0 aromatic heterocycles. The maximum Gasteiger partial charge on any atom is 0.274 e. The van der Waals surface area contributed by atoms with Gasteiger partial charge in [-0.15, -0.1) is 0 Å². The molecule has 0 radical (unpaired) electrons. The number of rotatable bonds is 6. The van der Waals surface area contributed by atoms with Gasteiger partial charge < -0.3 is 5.32 Å². The van der Waals surface area contributed by atoms with Gasteiger partial charge in [-0.3, -0.25) is 14.9 Å². The highest BCUT2D eigenvalue weighted by Crippen LogP contribution is 2.25. The van der Waals surface area contributed by atoms with E-state index in [0.717, 1.165) is 5.56 Å². The van der Waals surface area contributed by atoms with Crippen LogP contribution in [0.5, 0.6) is 0 Å². The summed E-state index contributed by atoms with van der Waals surface area (Å²) in [6.45, 7) is 2.19. The van der Waals surface area contributed by atoms with Crippen LogP contribution in [0.15, 0.2) is 48.5 Å². The summed E-state index contributed by atoms with van der Waals surface area (Å²) in [5, 5.41) is 13.8. The lowest BCUT2D eigenvalue weighted by atomic mass is 9.97. The molecule has 3 rings (SSSR count). The zero-order valence-electron chi connectivity index (χ0n) is 16.1. The molecule has 0 saturated carbocycles. The molecule has 0 aliphatic carbocycles. The number of sulfonamides is 1. The Balaban J connectivity index is 1.58. The van der Waals surface area contributed by atoms with Crippen LogP contribution < -0.4 is 5.32 Å². The largest absolute Gasteiger partial charge is 0.326 e. The molecule has 29 heavy (non-hydrogen) atoms. The molecule has 1 aliphatic rings. The third-order valence-corrected chi connectivity index (χ3v) is 6.93. The minimum Gasteiger partial charge on any atom is -0.326 e. The zero-order chi connectivity index (χ0) is 21.0. The fourth-order valence-corrected chi connectivity index (χ4v) is 4.96. The lowest BCUT2D eigenvalue weighted by Crippen LogP contribution is -2.41. The number of hydrogen-bond donors (Lipinski definition) is 1. The Labute approximate surface area is 169 Å². The Hall–Kier alpha value is -2.78. The molecule has 2 aromatic rings. The fourth-order valence-electron chi connectivity index (χ4n) is 3.40. The lowest BCUT2D eigenvalue weighted by molar-refractivity contribution is -0.385. The normalized spacial score (nSPS) is 15.8. The van der Waals surface area contributed by atoms with E-state index >= 15 is 0 Å². The van der Waals surface area contributed by atoms with Crippen LogP contribution in [0.1, 0.15) is 24.0 Å². The molecule has 0 atom stereocenters. The van der Waals surface area contributed by atoms with Crippen molar-refractivity contribution in [2.24, 2.45) is 5.92 Å². The predicted octanol–water partition coefficient (Wildman–Crippen LogP) is 3.08. The molecule has 1 N–H and O–H groups in total.